The lowest BCUT2D eigenvalue weighted by atomic mass is 10.1. The quantitative estimate of drug-likeness (QED) is 0.807. The van der Waals surface area contributed by atoms with Crippen molar-refractivity contribution in [1.29, 1.82) is 0 Å². The molecule has 1 unspecified atom stereocenters. The molecular formula is C17H21N3O4. The summed E-state index contributed by atoms with van der Waals surface area (Å²) in [5.74, 6) is -0.488. The molecule has 1 aromatic carbocycles. The highest BCUT2D eigenvalue weighted by molar-refractivity contribution is 5.75. The van der Waals surface area contributed by atoms with Gasteiger partial charge in [-0.2, -0.15) is 0 Å². The van der Waals surface area contributed by atoms with Crippen LogP contribution in [-0.4, -0.2) is 28.3 Å². The van der Waals surface area contributed by atoms with E-state index in [0.717, 1.165) is 10.1 Å². The predicted molar refractivity (Wildman–Crippen MR) is 90.4 cm³/mol. The zero-order valence-corrected chi connectivity index (χ0v) is 14.2. The highest BCUT2D eigenvalue weighted by Gasteiger charge is 2.15. The summed E-state index contributed by atoms with van der Waals surface area (Å²) in [4.78, 5) is 36.2. The monoisotopic (exact) mass is 331 g/mol. The largest absolute Gasteiger partial charge is 0.468 e. The molecule has 0 aliphatic rings. The summed E-state index contributed by atoms with van der Waals surface area (Å²) in [5, 5.41) is 0. The van der Waals surface area contributed by atoms with Crippen molar-refractivity contribution in [2.24, 2.45) is 12.8 Å². The molecule has 0 aliphatic carbocycles. The Morgan fingerprint density at radius 2 is 1.79 bits per heavy atom. The van der Waals surface area contributed by atoms with Gasteiger partial charge in [0.25, 0.3) is 5.56 Å². The minimum absolute atomic E-state index is 0.312. The van der Waals surface area contributed by atoms with E-state index in [1.807, 2.05) is 0 Å². The second-order valence-electron chi connectivity index (χ2n) is 5.69. The van der Waals surface area contributed by atoms with Gasteiger partial charge >= 0.3 is 11.7 Å². The molecule has 2 N–H and O–H groups in total. The van der Waals surface area contributed by atoms with Crippen molar-refractivity contribution in [3.05, 3.63) is 61.9 Å². The van der Waals surface area contributed by atoms with Crippen molar-refractivity contribution in [3.8, 4) is 5.69 Å². The van der Waals surface area contributed by atoms with Crippen LogP contribution in [0.5, 0.6) is 0 Å². The van der Waals surface area contributed by atoms with Gasteiger partial charge in [-0.15, -0.1) is 0 Å². The number of hydrogen-bond acceptors (Lipinski definition) is 5. The second kappa shape index (κ2) is 6.84. The molecule has 24 heavy (non-hydrogen) atoms. The van der Waals surface area contributed by atoms with E-state index in [1.165, 1.54) is 11.7 Å². The number of ether oxygens (including phenoxy) is 1. The average Bonchev–Trinajstić information content (AvgIpc) is 2.59. The number of benzene rings is 1. The van der Waals surface area contributed by atoms with Crippen LogP contribution in [0.4, 0.5) is 0 Å². The number of carbonyl (C=O) groups excluding carboxylic acids is 1. The van der Waals surface area contributed by atoms with Gasteiger partial charge in [-0.25, -0.2) is 9.36 Å². The van der Waals surface area contributed by atoms with Gasteiger partial charge in [-0.1, -0.05) is 12.1 Å². The van der Waals surface area contributed by atoms with Crippen molar-refractivity contribution >= 4 is 5.97 Å². The van der Waals surface area contributed by atoms with Crippen molar-refractivity contribution < 1.29 is 9.53 Å². The number of nitrogens with zero attached hydrogens (tertiary/aromatic N) is 2. The summed E-state index contributed by atoms with van der Waals surface area (Å²) in [6.07, 6.45) is 0.312. The molecule has 1 aromatic heterocycles. The standard InChI is InChI=1S/C17H21N3O4/c1-10-11(2)19(3)17(23)20(15(10)21)13-7-5-12(6-8-13)9-14(18)16(22)24-4/h5-8,14H,9,18H2,1-4H3. The SMILES string of the molecule is COC(=O)C(N)Cc1ccc(-n2c(=O)c(C)c(C)n(C)c2=O)cc1. The van der Waals surface area contributed by atoms with Crippen molar-refractivity contribution in [2.75, 3.05) is 7.11 Å². The normalized spacial score (nSPS) is 12.0. The van der Waals surface area contributed by atoms with Gasteiger partial charge < -0.3 is 15.0 Å². The van der Waals surface area contributed by atoms with Gasteiger partial charge in [0.15, 0.2) is 0 Å². The van der Waals surface area contributed by atoms with E-state index in [4.69, 9.17) is 5.73 Å². The van der Waals surface area contributed by atoms with Crippen LogP contribution >= 0.6 is 0 Å². The maximum Gasteiger partial charge on any atom is 0.335 e. The predicted octanol–water partition coefficient (Wildman–Crippen LogP) is 0.196. The van der Waals surface area contributed by atoms with Crippen LogP contribution in [0.15, 0.2) is 33.9 Å². The Bertz CT molecular complexity index is 841. The Kier molecular flexibility index (Phi) is 5.04. The van der Waals surface area contributed by atoms with Crippen LogP contribution in [0, 0.1) is 13.8 Å². The van der Waals surface area contributed by atoms with Gasteiger partial charge in [-0.3, -0.25) is 9.59 Å². The van der Waals surface area contributed by atoms with Crippen molar-refractivity contribution in [1.82, 2.24) is 9.13 Å². The number of aromatic nitrogens is 2. The van der Waals surface area contributed by atoms with Crippen LogP contribution < -0.4 is 17.0 Å². The second-order valence-corrected chi connectivity index (χ2v) is 5.69. The summed E-state index contributed by atoms with van der Waals surface area (Å²) in [7, 11) is 2.91. The molecule has 0 radical (unpaired) electrons. The van der Waals surface area contributed by atoms with E-state index in [-0.39, 0.29) is 5.56 Å². The molecule has 0 saturated heterocycles. The molecule has 1 heterocycles. The summed E-state index contributed by atoms with van der Waals surface area (Å²) in [6, 6.07) is 6.05. The molecule has 0 bridgehead atoms. The molecular weight excluding hydrogens is 310 g/mol. The first kappa shape index (κ1) is 17.7. The zero-order chi connectivity index (χ0) is 18.0. The molecule has 1 atom stereocenters. The van der Waals surface area contributed by atoms with Gasteiger partial charge in [0.05, 0.1) is 12.8 Å². The smallest absolute Gasteiger partial charge is 0.335 e. The van der Waals surface area contributed by atoms with E-state index in [1.54, 1.807) is 45.2 Å². The Morgan fingerprint density at radius 3 is 2.33 bits per heavy atom. The Labute approximate surface area is 139 Å². The minimum Gasteiger partial charge on any atom is -0.468 e. The number of carbonyl (C=O) groups is 1. The Balaban J connectivity index is 2.41. The summed E-state index contributed by atoms with van der Waals surface area (Å²) in [5.41, 5.74) is 7.44. The molecule has 2 rings (SSSR count). The van der Waals surface area contributed by atoms with Crippen LogP contribution in [-0.2, 0) is 23.0 Å². The number of nitrogens with two attached hydrogens (primary N) is 1. The molecule has 0 spiro atoms. The fraction of sp³-hybridized carbons (Fsp3) is 0.353. The maximum atomic E-state index is 12.4. The van der Waals surface area contributed by atoms with Gasteiger partial charge in [0.2, 0.25) is 0 Å². The molecule has 0 fully saturated rings. The lowest BCUT2D eigenvalue weighted by molar-refractivity contribution is -0.142. The fourth-order valence-electron chi connectivity index (χ4n) is 2.45. The zero-order valence-electron chi connectivity index (χ0n) is 14.2. The Hall–Kier alpha value is -2.67. The van der Waals surface area contributed by atoms with Crippen LogP contribution in [0.1, 0.15) is 16.8 Å². The first-order chi connectivity index (χ1) is 11.3. The van der Waals surface area contributed by atoms with Gasteiger partial charge in [-0.05, 0) is 38.0 Å². The minimum atomic E-state index is -0.752. The third kappa shape index (κ3) is 3.16. The topological polar surface area (TPSA) is 96.3 Å². The third-order valence-corrected chi connectivity index (χ3v) is 4.20. The van der Waals surface area contributed by atoms with Gasteiger partial charge in [0.1, 0.15) is 6.04 Å². The van der Waals surface area contributed by atoms with E-state index in [9.17, 15) is 14.4 Å². The molecule has 0 aliphatic heterocycles. The molecule has 7 heteroatoms. The average molecular weight is 331 g/mol. The molecule has 7 nitrogen and oxygen atoms in total. The molecule has 2 aromatic rings. The molecule has 128 valence electrons. The lowest BCUT2D eigenvalue weighted by Crippen LogP contribution is -2.40. The first-order valence-corrected chi connectivity index (χ1v) is 7.50. The highest BCUT2D eigenvalue weighted by Crippen LogP contribution is 2.09. The number of hydrogen-bond donors (Lipinski definition) is 1. The first-order valence-electron chi connectivity index (χ1n) is 7.50. The lowest BCUT2D eigenvalue weighted by Gasteiger charge is -2.13. The summed E-state index contributed by atoms with van der Waals surface area (Å²) >= 11 is 0. The van der Waals surface area contributed by atoms with E-state index in [0.29, 0.717) is 23.4 Å². The maximum absolute atomic E-state index is 12.4. The van der Waals surface area contributed by atoms with Gasteiger partial charge in [0, 0.05) is 18.3 Å². The van der Waals surface area contributed by atoms with Crippen LogP contribution in [0.3, 0.4) is 0 Å². The fourth-order valence-corrected chi connectivity index (χ4v) is 2.45. The molecule has 0 amide bonds. The van der Waals surface area contributed by atoms with Crippen molar-refractivity contribution in [2.45, 2.75) is 26.3 Å². The summed E-state index contributed by atoms with van der Waals surface area (Å²) < 4.78 is 7.17. The number of rotatable bonds is 4. The van der Waals surface area contributed by atoms with E-state index < -0.39 is 17.7 Å². The van der Waals surface area contributed by atoms with Crippen molar-refractivity contribution in [3.63, 3.8) is 0 Å². The summed E-state index contributed by atoms with van der Waals surface area (Å²) in [6.45, 7) is 3.43. The van der Waals surface area contributed by atoms with Crippen LogP contribution in [0.25, 0.3) is 5.69 Å². The number of esters is 1. The number of methoxy groups -OCH3 is 1. The van der Waals surface area contributed by atoms with E-state index >= 15 is 0 Å². The Morgan fingerprint density at radius 1 is 1.21 bits per heavy atom. The third-order valence-electron chi connectivity index (χ3n) is 4.20. The van der Waals surface area contributed by atoms with Crippen LogP contribution in [0.2, 0.25) is 0 Å². The van der Waals surface area contributed by atoms with E-state index in [2.05, 4.69) is 4.74 Å². The highest BCUT2D eigenvalue weighted by atomic mass is 16.5. The molecule has 0 saturated carbocycles.